The molecule has 1 unspecified atom stereocenters. The average molecular weight is 445 g/mol. The minimum absolute atomic E-state index is 0.0142. The maximum atomic E-state index is 13.2. The van der Waals surface area contributed by atoms with E-state index >= 15 is 0 Å². The number of hydrogen-bond acceptors (Lipinski definition) is 6. The van der Waals surface area contributed by atoms with Crippen molar-refractivity contribution in [3.8, 4) is 0 Å². The fourth-order valence-corrected chi connectivity index (χ4v) is 4.63. The van der Waals surface area contributed by atoms with Crippen molar-refractivity contribution in [1.29, 1.82) is 0 Å². The van der Waals surface area contributed by atoms with Crippen molar-refractivity contribution in [2.24, 2.45) is 5.92 Å². The number of piperidine rings is 1. The minimum atomic E-state index is -4.63. The molecule has 0 spiro atoms. The van der Waals surface area contributed by atoms with Crippen LogP contribution in [0.25, 0.3) is 5.65 Å². The molecule has 0 bridgehead atoms. The first-order valence-electron chi connectivity index (χ1n) is 10.7. The summed E-state index contributed by atoms with van der Waals surface area (Å²) in [4.78, 5) is 21.5. The molecule has 0 N–H and O–H groups in total. The van der Waals surface area contributed by atoms with Gasteiger partial charge in [-0.25, -0.2) is 0 Å². The van der Waals surface area contributed by atoms with E-state index < -0.39 is 12.0 Å². The molecule has 0 aromatic carbocycles. The molecule has 32 heavy (non-hydrogen) atoms. The number of pyridine rings is 1. The highest BCUT2D eigenvalue weighted by Crippen LogP contribution is 2.34. The van der Waals surface area contributed by atoms with Gasteiger partial charge in [0, 0.05) is 31.7 Å². The number of alkyl halides is 3. The lowest BCUT2D eigenvalue weighted by molar-refractivity contribution is -0.146. The number of carbonyl (C=O) groups excluding carboxylic acids is 1. The second-order valence-electron chi connectivity index (χ2n) is 8.19. The number of halogens is 3. The van der Waals surface area contributed by atoms with Crippen LogP contribution in [-0.4, -0.2) is 55.2 Å². The number of likely N-dealkylation sites (tertiary alicyclic amines) is 1. The summed E-state index contributed by atoms with van der Waals surface area (Å²) in [6.45, 7) is 1.81. The second-order valence-corrected chi connectivity index (χ2v) is 8.19. The number of fused-ring (bicyclic) bond motifs is 1. The Morgan fingerprint density at radius 3 is 2.53 bits per heavy atom. The summed E-state index contributed by atoms with van der Waals surface area (Å²) >= 11 is 0. The van der Waals surface area contributed by atoms with Gasteiger partial charge in [-0.15, -0.1) is 15.3 Å². The molecule has 2 fully saturated rings. The second kappa shape index (κ2) is 8.03. The fourth-order valence-electron chi connectivity index (χ4n) is 4.63. The monoisotopic (exact) mass is 445 g/mol. The summed E-state index contributed by atoms with van der Waals surface area (Å²) in [6, 6.07) is 8.89. The molecule has 2 aliphatic rings. The quantitative estimate of drug-likeness (QED) is 0.617. The molecule has 2 aliphatic heterocycles. The Bertz CT molecular complexity index is 1110. The summed E-state index contributed by atoms with van der Waals surface area (Å²) in [7, 11) is 0. The van der Waals surface area contributed by atoms with Gasteiger partial charge >= 0.3 is 6.18 Å². The van der Waals surface area contributed by atoms with Crippen LogP contribution in [0.4, 0.5) is 19.0 Å². The largest absolute Gasteiger partial charge is 0.453 e. The predicted molar refractivity (Wildman–Crippen MR) is 109 cm³/mol. The van der Waals surface area contributed by atoms with Crippen LogP contribution in [0, 0.1) is 5.92 Å². The van der Waals surface area contributed by atoms with Crippen molar-refractivity contribution in [2.45, 2.75) is 37.9 Å². The molecule has 3 aromatic heterocycles. The summed E-state index contributed by atoms with van der Waals surface area (Å²) in [5.41, 5.74) is 0.962. The predicted octanol–water partition coefficient (Wildman–Crippen LogP) is 3.12. The number of rotatable bonds is 3. The van der Waals surface area contributed by atoms with Gasteiger partial charge in [-0.1, -0.05) is 6.07 Å². The number of nitrogens with zero attached hydrogens (tertiary/aromatic N) is 7. The fraction of sp³-hybridized carbons (Fsp3) is 0.476. The van der Waals surface area contributed by atoms with Crippen molar-refractivity contribution >= 4 is 17.4 Å². The van der Waals surface area contributed by atoms with Crippen molar-refractivity contribution in [3.63, 3.8) is 0 Å². The molecular weight excluding hydrogens is 423 g/mol. The van der Waals surface area contributed by atoms with Crippen molar-refractivity contribution in [2.75, 3.05) is 24.5 Å². The standard InChI is InChI=1S/C21H22F3N7O/c22-21(23,24)20-27-26-17-6-7-18(28-31(17)20)29-12-8-14(9-13-29)19(32)30-11-3-5-16(30)15-4-1-2-10-25-15/h1-2,4,6-7,10,14,16H,3,5,8-9,11-13H2. The topological polar surface area (TPSA) is 79.5 Å². The van der Waals surface area contributed by atoms with E-state index in [1.165, 1.54) is 6.07 Å². The molecule has 5 heterocycles. The van der Waals surface area contributed by atoms with Crippen LogP contribution in [0.5, 0.6) is 0 Å². The molecular formula is C21H22F3N7O. The third-order valence-electron chi connectivity index (χ3n) is 6.24. The van der Waals surface area contributed by atoms with E-state index in [0.29, 0.717) is 31.7 Å². The zero-order valence-corrected chi connectivity index (χ0v) is 17.2. The Morgan fingerprint density at radius 2 is 1.81 bits per heavy atom. The minimum Gasteiger partial charge on any atom is -0.355 e. The van der Waals surface area contributed by atoms with Gasteiger partial charge in [0.1, 0.15) is 5.82 Å². The molecule has 1 atom stereocenters. The third-order valence-corrected chi connectivity index (χ3v) is 6.24. The zero-order valence-electron chi connectivity index (χ0n) is 17.2. The van der Waals surface area contributed by atoms with Gasteiger partial charge in [-0.05, 0) is 49.9 Å². The van der Waals surface area contributed by atoms with E-state index in [0.717, 1.165) is 29.6 Å². The molecule has 0 radical (unpaired) electrons. The highest BCUT2D eigenvalue weighted by atomic mass is 19.4. The maximum absolute atomic E-state index is 13.2. The summed E-state index contributed by atoms with van der Waals surface area (Å²) in [5.74, 6) is -0.699. The maximum Gasteiger partial charge on any atom is 0.453 e. The molecule has 0 aliphatic carbocycles. The van der Waals surface area contributed by atoms with Crippen LogP contribution >= 0.6 is 0 Å². The molecule has 8 nitrogen and oxygen atoms in total. The van der Waals surface area contributed by atoms with Crippen LogP contribution in [0.1, 0.15) is 43.2 Å². The van der Waals surface area contributed by atoms with Crippen molar-refractivity contribution in [1.82, 2.24) is 29.7 Å². The van der Waals surface area contributed by atoms with Gasteiger partial charge in [0.2, 0.25) is 5.91 Å². The van der Waals surface area contributed by atoms with E-state index in [1.807, 2.05) is 28.0 Å². The summed E-state index contributed by atoms with van der Waals surface area (Å²) in [6.07, 6.45) is 0.224. The number of anilines is 1. The number of hydrogen-bond donors (Lipinski definition) is 0. The number of aromatic nitrogens is 5. The first-order valence-corrected chi connectivity index (χ1v) is 10.7. The van der Waals surface area contributed by atoms with E-state index in [-0.39, 0.29) is 23.5 Å². The van der Waals surface area contributed by atoms with E-state index in [1.54, 1.807) is 12.3 Å². The average Bonchev–Trinajstić information content (AvgIpc) is 3.46. The van der Waals surface area contributed by atoms with Crippen LogP contribution in [-0.2, 0) is 11.0 Å². The summed E-state index contributed by atoms with van der Waals surface area (Å²) in [5, 5.41) is 10.9. The van der Waals surface area contributed by atoms with Gasteiger partial charge in [0.15, 0.2) is 5.65 Å². The molecule has 168 valence electrons. The highest BCUT2D eigenvalue weighted by molar-refractivity contribution is 5.80. The lowest BCUT2D eigenvalue weighted by Gasteiger charge is -2.35. The van der Waals surface area contributed by atoms with E-state index in [2.05, 4.69) is 20.3 Å². The Kier molecular flexibility index (Phi) is 5.18. The first kappa shape index (κ1) is 20.7. The highest BCUT2D eigenvalue weighted by Gasteiger charge is 2.38. The van der Waals surface area contributed by atoms with Gasteiger partial charge in [0.25, 0.3) is 5.82 Å². The molecule has 2 saturated heterocycles. The zero-order chi connectivity index (χ0) is 22.3. The van der Waals surface area contributed by atoms with Crippen molar-refractivity contribution < 1.29 is 18.0 Å². The Hall–Kier alpha value is -3.24. The lowest BCUT2D eigenvalue weighted by Crippen LogP contribution is -2.42. The van der Waals surface area contributed by atoms with E-state index in [9.17, 15) is 18.0 Å². The Balaban J connectivity index is 1.27. The Morgan fingerprint density at radius 1 is 1.00 bits per heavy atom. The van der Waals surface area contributed by atoms with Gasteiger partial charge in [-0.3, -0.25) is 9.78 Å². The summed E-state index contributed by atoms with van der Waals surface area (Å²) < 4.78 is 40.2. The number of carbonyl (C=O) groups is 1. The normalized spacial score (nSPS) is 20.3. The molecule has 5 rings (SSSR count). The van der Waals surface area contributed by atoms with Crippen LogP contribution in [0.3, 0.4) is 0 Å². The lowest BCUT2D eigenvalue weighted by atomic mass is 9.94. The van der Waals surface area contributed by atoms with Crippen LogP contribution < -0.4 is 4.90 Å². The molecule has 3 aromatic rings. The van der Waals surface area contributed by atoms with Crippen LogP contribution in [0.2, 0.25) is 0 Å². The number of amides is 1. The molecule has 0 saturated carbocycles. The third kappa shape index (κ3) is 3.76. The van der Waals surface area contributed by atoms with E-state index in [4.69, 9.17) is 0 Å². The molecule has 1 amide bonds. The smallest absolute Gasteiger partial charge is 0.355 e. The molecule has 11 heteroatoms. The van der Waals surface area contributed by atoms with Crippen molar-refractivity contribution in [3.05, 3.63) is 48.0 Å². The van der Waals surface area contributed by atoms with Gasteiger partial charge in [-0.2, -0.15) is 17.7 Å². The van der Waals surface area contributed by atoms with Gasteiger partial charge in [0.05, 0.1) is 11.7 Å². The SMILES string of the molecule is O=C(C1CCN(c2ccc3nnc(C(F)(F)F)n3n2)CC1)N1CCCC1c1ccccn1. The first-order chi connectivity index (χ1) is 15.4. The Labute approximate surface area is 182 Å². The van der Waals surface area contributed by atoms with Gasteiger partial charge < -0.3 is 9.80 Å². The van der Waals surface area contributed by atoms with Crippen LogP contribution in [0.15, 0.2) is 36.5 Å².